The van der Waals surface area contributed by atoms with Gasteiger partial charge in [0.05, 0.1) is 11.6 Å². The van der Waals surface area contributed by atoms with Crippen LogP contribution in [0.1, 0.15) is 22.7 Å². The Bertz CT molecular complexity index is 336. The molecule has 1 aromatic rings. The lowest BCUT2D eigenvalue weighted by atomic mass is 10.2. The number of hydrogen-bond acceptors (Lipinski definition) is 5. The van der Waals surface area contributed by atoms with Crippen LogP contribution in [0.5, 0.6) is 0 Å². The van der Waals surface area contributed by atoms with Crippen LogP contribution in [0.4, 0.5) is 0 Å². The topological polar surface area (TPSA) is 48.4 Å². The van der Waals surface area contributed by atoms with E-state index in [1.165, 1.54) is 17.7 Å². The number of rotatable bonds is 6. The van der Waals surface area contributed by atoms with Gasteiger partial charge in [-0.3, -0.25) is 4.90 Å². The predicted octanol–water partition coefficient (Wildman–Crippen LogP) is 0.998. The summed E-state index contributed by atoms with van der Waals surface area (Å²) in [6.07, 6.45) is 4.48. The first-order valence-electron chi connectivity index (χ1n) is 6.26. The number of aryl methyl sites for hydroxylation is 1. The molecule has 1 fully saturated rings. The van der Waals surface area contributed by atoms with Crippen molar-refractivity contribution in [2.45, 2.75) is 32.4 Å². The highest BCUT2D eigenvalue weighted by Gasteiger charge is 2.18. The third kappa shape index (κ3) is 4.03. The molecule has 4 nitrogen and oxygen atoms in total. The molecule has 1 saturated heterocycles. The monoisotopic (exact) mass is 255 g/mol. The molecule has 17 heavy (non-hydrogen) atoms. The largest absolute Gasteiger partial charge is 0.395 e. The summed E-state index contributed by atoms with van der Waals surface area (Å²) in [6, 6.07) is 0.593. The highest BCUT2D eigenvalue weighted by atomic mass is 32.1. The number of aliphatic hydroxyl groups excluding tert-OH is 1. The second-order valence-corrected chi connectivity index (χ2v) is 5.92. The molecule has 2 N–H and O–H groups in total. The van der Waals surface area contributed by atoms with Crippen LogP contribution in [-0.4, -0.2) is 47.3 Å². The molecular formula is C12H21N3OS. The molecule has 1 aliphatic rings. The van der Waals surface area contributed by atoms with E-state index in [-0.39, 0.29) is 6.61 Å². The lowest BCUT2D eigenvalue weighted by Gasteiger charge is -2.24. The van der Waals surface area contributed by atoms with E-state index in [1.807, 2.05) is 13.1 Å². The van der Waals surface area contributed by atoms with Crippen LogP contribution < -0.4 is 5.32 Å². The van der Waals surface area contributed by atoms with Gasteiger partial charge in [0.25, 0.3) is 0 Å². The van der Waals surface area contributed by atoms with E-state index in [0.717, 1.165) is 31.2 Å². The Morgan fingerprint density at radius 3 is 3.12 bits per heavy atom. The first kappa shape index (κ1) is 13.0. The van der Waals surface area contributed by atoms with Crippen molar-refractivity contribution in [1.29, 1.82) is 0 Å². The van der Waals surface area contributed by atoms with Crippen LogP contribution in [0.3, 0.4) is 0 Å². The zero-order valence-corrected chi connectivity index (χ0v) is 11.2. The van der Waals surface area contributed by atoms with Crippen molar-refractivity contribution in [2.24, 2.45) is 0 Å². The molecule has 5 heteroatoms. The summed E-state index contributed by atoms with van der Waals surface area (Å²) in [5.41, 5.74) is 0. The Morgan fingerprint density at radius 2 is 2.53 bits per heavy atom. The molecule has 0 saturated carbocycles. The Labute approximate surface area is 107 Å². The molecule has 2 heterocycles. The van der Waals surface area contributed by atoms with Gasteiger partial charge in [-0.25, -0.2) is 4.98 Å². The van der Waals surface area contributed by atoms with Crippen molar-refractivity contribution < 1.29 is 5.11 Å². The van der Waals surface area contributed by atoms with E-state index in [4.69, 9.17) is 5.11 Å². The summed E-state index contributed by atoms with van der Waals surface area (Å²) >= 11 is 1.75. The summed E-state index contributed by atoms with van der Waals surface area (Å²) in [7, 11) is 0. The van der Waals surface area contributed by atoms with E-state index >= 15 is 0 Å². The second-order valence-electron chi connectivity index (χ2n) is 4.60. The standard InChI is InChI=1S/C12H21N3OS/c1-10-14-7-12(17-10)9-15(5-6-16)8-11-3-2-4-13-11/h7,11,13,16H,2-6,8-9H2,1H3. The van der Waals surface area contributed by atoms with Crippen LogP contribution in [0.15, 0.2) is 6.20 Å². The van der Waals surface area contributed by atoms with E-state index in [9.17, 15) is 0 Å². The number of hydrogen-bond donors (Lipinski definition) is 2. The third-order valence-corrected chi connectivity index (χ3v) is 4.00. The molecule has 2 rings (SSSR count). The fourth-order valence-electron chi connectivity index (χ4n) is 2.30. The minimum atomic E-state index is 0.227. The van der Waals surface area contributed by atoms with Gasteiger partial charge in [0.2, 0.25) is 0 Å². The third-order valence-electron chi connectivity index (χ3n) is 3.11. The van der Waals surface area contributed by atoms with Gasteiger partial charge < -0.3 is 10.4 Å². The van der Waals surface area contributed by atoms with Crippen LogP contribution in [0.25, 0.3) is 0 Å². The van der Waals surface area contributed by atoms with Crippen LogP contribution in [0, 0.1) is 6.92 Å². The molecule has 0 radical (unpaired) electrons. The highest BCUT2D eigenvalue weighted by molar-refractivity contribution is 7.11. The normalized spacial score (nSPS) is 20.3. The maximum absolute atomic E-state index is 9.12. The quantitative estimate of drug-likeness (QED) is 0.796. The molecular weight excluding hydrogens is 234 g/mol. The van der Waals surface area contributed by atoms with Gasteiger partial charge in [0, 0.05) is 36.8 Å². The number of nitrogens with one attached hydrogen (secondary N) is 1. The smallest absolute Gasteiger partial charge is 0.0897 e. The molecule has 1 aliphatic heterocycles. The lowest BCUT2D eigenvalue weighted by Crippen LogP contribution is -2.38. The van der Waals surface area contributed by atoms with Crippen molar-refractivity contribution in [1.82, 2.24) is 15.2 Å². The minimum Gasteiger partial charge on any atom is -0.395 e. The first-order valence-corrected chi connectivity index (χ1v) is 7.07. The predicted molar refractivity (Wildman–Crippen MR) is 70.2 cm³/mol. The fourth-order valence-corrected chi connectivity index (χ4v) is 3.14. The van der Waals surface area contributed by atoms with E-state index in [0.29, 0.717) is 6.04 Å². The second kappa shape index (κ2) is 6.44. The van der Waals surface area contributed by atoms with Crippen molar-refractivity contribution in [3.05, 3.63) is 16.1 Å². The first-order chi connectivity index (χ1) is 8.28. The van der Waals surface area contributed by atoms with Crippen LogP contribution in [-0.2, 0) is 6.54 Å². The molecule has 96 valence electrons. The Balaban J connectivity index is 1.87. The lowest BCUT2D eigenvalue weighted by molar-refractivity contribution is 0.180. The molecule has 1 unspecified atom stereocenters. The van der Waals surface area contributed by atoms with Crippen molar-refractivity contribution >= 4 is 11.3 Å². The van der Waals surface area contributed by atoms with Gasteiger partial charge in [-0.15, -0.1) is 11.3 Å². The number of aromatic nitrogens is 1. The van der Waals surface area contributed by atoms with E-state index in [1.54, 1.807) is 11.3 Å². The van der Waals surface area contributed by atoms with Crippen molar-refractivity contribution in [2.75, 3.05) is 26.2 Å². The van der Waals surface area contributed by atoms with Crippen molar-refractivity contribution in [3.8, 4) is 0 Å². The van der Waals surface area contributed by atoms with Gasteiger partial charge >= 0.3 is 0 Å². The molecule has 1 atom stereocenters. The van der Waals surface area contributed by atoms with Gasteiger partial charge in [-0.1, -0.05) is 0 Å². The number of aliphatic hydroxyl groups is 1. The van der Waals surface area contributed by atoms with Crippen LogP contribution >= 0.6 is 11.3 Å². The van der Waals surface area contributed by atoms with E-state index < -0.39 is 0 Å². The Morgan fingerprint density at radius 1 is 1.65 bits per heavy atom. The van der Waals surface area contributed by atoms with Crippen LogP contribution in [0.2, 0.25) is 0 Å². The molecule has 0 spiro atoms. The average molecular weight is 255 g/mol. The van der Waals surface area contributed by atoms with Gasteiger partial charge in [-0.05, 0) is 26.3 Å². The number of thiazole rings is 1. The van der Waals surface area contributed by atoms with Gasteiger partial charge in [-0.2, -0.15) is 0 Å². The summed E-state index contributed by atoms with van der Waals surface area (Å²) in [4.78, 5) is 7.88. The molecule has 0 bridgehead atoms. The molecule has 0 aliphatic carbocycles. The summed E-state index contributed by atoms with van der Waals surface area (Å²) < 4.78 is 0. The zero-order chi connectivity index (χ0) is 12.1. The SMILES string of the molecule is Cc1ncc(CN(CCO)CC2CCCN2)s1. The Hall–Kier alpha value is -0.490. The maximum Gasteiger partial charge on any atom is 0.0897 e. The zero-order valence-electron chi connectivity index (χ0n) is 10.4. The van der Waals surface area contributed by atoms with Gasteiger partial charge in [0.15, 0.2) is 0 Å². The number of nitrogens with zero attached hydrogens (tertiary/aromatic N) is 2. The average Bonchev–Trinajstić information content (AvgIpc) is 2.91. The van der Waals surface area contributed by atoms with Gasteiger partial charge in [0.1, 0.15) is 0 Å². The maximum atomic E-state index is 9.12. The summed E-state index contributed by atoms with van der Waals surface area (Å²) in [5, 5.41) is 13.7. The molecule has 0 amide bonds. The summed E-state index contributed by atoms with van der Waals surface area (Å²) in [6.45, 7) is 6.07. The fraction of sp³-hybridized carbons (Fsp3) is 0.750. The highest BCUT2D eigenvalue weighted by Crippen LogP contribution is 2.15. The minimum absolute atomic E-state index is 0.227. The molecule has 0 aromatic carbocycles. The van der Waals surface area contributed by atoms with Crippen molar-refractivity contribution in [3.63, 3.8) is 0 Å². The molecule has 1 aromatic heterocycles. The Kier molecular flexibility index (Phi) is 4.91. The summed E-state index contributed by atoms with van der Waals surface area (Å²) in [5.74, 6) is 0. The van der Waals surface area contributed by atoms with E-state index in [2.05, 4.69) is 15.2 Å².